The van der Waals surface area contributed by atoms with Crippen LogP contribution >= 0.6 is 15.9 Å². The number of hydrogen-bond donors (Lipinski definition) is 1. The maximum atomic E-state index is 6.31. The Balaban J connectivity index is 1.97. The third-order valence-corrected chi connectivity index (χ3v) is 4.98. The number of nitrogens with zero attached hydrogens (tertiary/aromatic N) is 2. The molecule has 1 aliphatic rings. The maximum absolute atomic E-state index is 6.31. The van der Waals surface area contributed by atoms with Gasteiger partial charge in [0.1, 0.15) is 0 Å². The van der Waals surface area contributed by atoms with Gasteiger partial charge in [-0.05, 0) is 34.7 Å². The van der Waals surface area contributed by atoms with Crippen LogP contribution in [0.3, 0.4) is 0 Å². The Morgan fingerprint density at radius 2 is 2.11 bits per heavy atom. The number of hydrogen-bond acceptors (Lipinski definition) is 2. The highest BCUT2D eigenvalue weighted by atomic mass is 79.9. The molecule has 0 saturated heterocycles. The summed E-state index contributed by atoms with van der Waals surface area (Å²) in [5, 5.41) is 4.53. The Kier molecular flexibility index (Phi) is 4.84. The number of aromatic nitrogens is 2. The number of nitrogens with two attached hydrogens (primary N) is 1. The van der Waals surface area contributed by atoms with Crippen LogP contribution in [-0.2, 0) is 19.9 Å². The first-order chi connectivity index (χ1) is 8.61. The molecule has 18 heavy (non-hydrogen) atoms. The van der Waals surface area contributed by atoms with Crippen molar-refractivity contribution in [2.45, 2.75) is 57.9 Å². The molecule has 1 fully saturated rings. The minimum Gasteiger partial charge on any atom is -0.327 e. The summed E-state index contributed by atoms with van der Waals surface area (Å²) in [6.07, 6.45) is 8.60. The highest BCUT2D eigenvalue weighted by Crippen LogP contribution is 2.30. The fourth-order valence-corrected chi connectivity index (χ4v) is 3.83. The molecule has 2 rings (SSSR count). The zero-order valence-corrected chi connectivity index (χ0v) is 13.0. The Morgan fingerprint density at radius 3 is 2.67 bits per heavy atom. The van der Waals surface area contributed by atoms with Crippen molar-refractivity contribution in [1.29, 1.82) is 0 Å². The van der Waals surface area contributed by atoms with Gasteiger partial charge >= 0.3 is 0 Å². The van der Waals surface area contributed by atoms with Crippen LogP contribution in [0.1, 0.15) is 50.4 Å². The van der Waals surface area contributed by atoms with Gasteiger partial charge in [-0.15, -0.1) is 0 Å². The summed E-state index contributed by atoms with van der Waals surface area (Å²) in [7, 11) is 2.02. The van der Waals surface area contributed by atoms with Gasteiger partial charge in [0.2, 0.25) is 0 Å². The van der Waals surface area contributed by atoms with Gasteiger partial charge in [-0.2, -0.15) is 5.10 Å². The largest absolute Gasteiger partial charge is 0.327 e. The van der Waals surface area contributed by atoms with Crippen LogP contribution in [-0.4, -0.2) is 15.8 Å². The van der Waals surface area contributed by atoms with Gasteiger partial charge in [-0.3, -0.25) is 4.68 Å². The van der Waals surface area contributed by atoms with Crippen molar-refractivity contribution in [1.82, 2.24) is 9.78 Å². The molecule has 4 heteroatoms. The van der Waals surface area contributed by atoms with E-state index in [1.54, 1.807) is 0 Å². The van der Waals surface area contributed by atoms with Gasteiger partial charge in [-0.25, -0.2) is 0 Å². The third-order valence-electron chi connectivity index (χ3n) is 4.07. The Hall–Kier alpha value is -0.350. The van der Waals surface area contributed by atoms with Crippen LogP contribution in [0, 0.1) is 5.92 Å². The van der Waals surface area contributed by atoms with Crippen LogP contribution in [0.15, 0.2) is 4.47 Å². The van der Waals surface area contributed by atoms with E-state index >= 15 is 0 Å². The summed E-state index contributed by atoms with van der Waals surface area (Å²) in [5.74, 6) is 0.859. The minimum absolute atomic E-state index is 0.268. The van der Waals surface area contributed by atoms with E-state index in [2.05, 4.69) is 28.0 Å². The predicted molar refractivity (Wildman–Crippen MR) is 78.5 cm³/mol. The second-order valence-electron chi connectivity index (χ2n) is 5.53. The highest BCUT2D eigenvalue weighted by Gasteiger charge is 2.20. The van der Waals surface area contributed by atoms with Crippen molar-refractivity contribution in [2.75, 3.05) is 0 Å². The molecule has 1 atom stereocenters. The lowest BCUT2D eigenvalue weighted by Gasteiger charge is -2.16. The summed E-state index contributed by atoms with van der Waals surface area (Å²) in [6, 6.07) is 0.268. The minimum atomic E-state index is 0.268. The molecule has 0 radical (unpaired) electrons. The molecule has 1 unspecified atom stereocenters. The van der Waals surface area contributed by atoms with Gasteiger partial charge in [0.15, 0.2) is 0 Å². The van der Waals surface area contributed by atoms with E-state index in [1.165, 1.54) is 37.8 Å². The average Bonchev–Trinajstić information content (AvgIpc) is 2.92. The fourth-order valence-electron chi connectivity index (χ4n) is 3.05. The van der Waals surface area contributed by atoms with Crippen LogP contribution in [0.2, 0.25) is 0 Å². The van der Waals surface area contributed by atoms with Gasteiger partial charge in [0, 0.05) is 19.5 Å². The number of rotatable bonds is 5. The van der Waals surface area contributed by atoms with E-state index in [0.29, 0.717) is 0 Å². The first kappa shape index (κ1) is 14.1. The van der Waals surface area contributed by atoms with Crippen LogP contribution in [0.4, 0.5) is 0 Å². The van der Waals surface area contributed by atoms with E-state index < -0.39 is 0 Å². The summed E-state index contributed by atoms with van der Waals surface area (Å²) in [4.78, 5) is 0. The lowest BCUT2D eigenvalue weighted by atomic mass is 9.96. The van der Waals surface area contributed by atoms with Crippen molar-refractivity contribution < 1.29 is 0 Å². The van der Waals surface area contributed by atoms with E-state index in [1.807, 2.05) is 11.7 Å². The molecule has 0 aromatic carbocycles. The monoisotopic (exact) mass is 313 g/mol. The van der Waals surface area contributed by atoms with Crippen LogP contribution in [0.25, 0.3) is 0 Å². The van der Waals surface area contributed by atoms with Crippen molar-refractivity contribution >= 4 is 15.9 Å². The van der Waals surface area contributed by atoms with E-state index in [0.717, 1.165) is 28.9 Å². The van der Waals surface area contributed by atoms with E-state index in [9.17, 15) is 0 Å². The molecule has 0 amide bonds. The Morgan fingerprint density at radius 1 is 1.44 bits per heavy atom. The topological polar surface area (TPSA) is 43.8 Å². The summed E-state index contributed by atoms with van der Waals surface area (Å²) < 4.78 is 3.15. The average molecular weight is 314 g/mol. The summed E-state index contributed by atoms with van der Waals surface area (Å²) in [6.45, 7) is 2.13. The molecule has 0 bridgehead atoms. The standard InChI is InChI=1S/C14H24BrN3/c1-3-12-14(15)13(18(2)17-12)9-11(16)8-10-6-4-5-7-10/h10-11H,3-9,16H2,1-2H3. The molecule has 102 valence electrons. The molecule has 3 nitrogen and oxygen atoms in total. The molecule has 1 saturated carbocycles. The molecule has 1 heterocycles. The highest BCUT2D eigenvalue weighted by molar-refractivity contribution is 9.10. The lowest BCUT2D eigenvalue weighted by Crippen LogP contribution is -2.26. The first-order valence-electron chi connectivity index (χ1n) is 7.07. The van der Waals surface area contributed by atoms with Crippen LogP contribution in [0.5, 0.6) is 0 Å². The quantitative estimate of drug-likeness (QED) is 0.907. The van der Waals surface area contributed by atoms with Crippen molar-refractivity contribution in [3.63, 3.8) is 0 Å². The molecule has 1 aromatic rings. The first-order valence-corrected chi connectivity index (χ1v) is 7.87. The zero-order valence-electron chi connectivity index (χ0n) is 11.5. The maximum Gasteiger partial charge on any atom is 0.0766 e. The molecular weight excluding hydrogens is 290 g/mol. The normalized spacial score (nSPS) is 18.4. The number of halogens is 1. The van der Waals surface area contributed by atoms with Gasteiger partial charge in [-0.1, -0.05) is 32.6 Å². The van der Waals surface area contributed by atoms with E-state index in [4.69, 9.17) is 5.73 Å². The SMILES string of the molecule is CCc1nn(C)c(CC(N)CC2CCCC2)c1Br. The molecule has 1 aliphatic carbocycles. The second-order valence-corrected chi connectivity index (χ2v) is 6.33. The number of aryl methyl sites for hydroxylation is 2. The van der Waals surface area contributed by atoms with Crippen molar-refractivity contribution in [3.05, 3.63) is 15.9 Å². The van der Waals surface area contributed by atoms with Crippen LogP contribution < -0.4 is 5.73 Å². The van der Waals surface area contributed by atoms with Gasteiger partial charge < -0.3 is 5.73 Å². The zero-order chi connectivity index (χ0) is 13.1. The lowest BCUT2D eigenvalue weighted by molar-refractivity contribution is 0.434. The predicted octanol–water partition coefficient (Wildman–Crippen LogP) is 3.20. The molecular formula is C14H24BrN3. The smallest absolute Gasteiger partial charge is 0.0766 e. The van der Waals surface area contributed by atoms with Crippen molar-refractivity contribution in [2.24, 2.45) is 18.7 Å². The van der Waals surface area contributed by atoms with Crippen molar-refractivity contribution in [3.8, 4) is 0 Å². The second kappa shape index (κ2) is 6.20. The summed E-state index contributed by atoms with van der Waals surface area (Å²) in [5.41, 5.74) is 8.70. The van der Waals surface area contributed by atoms with Gasteiger partial charge in [0.25, 0.3) is 0 Å². The summed E-state index contributed by atoms with van der Waals surface area (Å²) >= 11 is 3.66. The molecule has 0 spiro atoms. The third kappa shape index (κ3) is 3.15. The molecule has 1 aromatic heterocycles. The Bertz CT molecular complexity index is 394. The molecule has 2 N–H and O–H groups in total. The fraction of sp³-hybridized carbons (Fsp3) is 0.786. The Labute approximate surface area is 118 Å². The van der Waals surface area contributed by atoms with Gasteiger partial charge in [0.05, 0.1) is 15.9 Å². The van der Waals surface area contributed by atoms with E-state index in [-0.39, 0.29) is 6.04 Å². The molecule has 0 aliphatic heterocycles.